The zero-order valence-corrected chi connectivity index (χ0v) is 19.0. The monoisotopic (exact) mass is 483 g/mol. The molecular formula is C23H24F3NO5S. The van der Waals surface area contributed by atoms with Gasteiger partial charge in [-0.15, -0.1) is 24.9 Å². The fraction of sp³-hybridized carbons (Fsp3) is 0.391. The third-order valence-electron chi connectivity index (χ3n) is 5.08. The summed E-state index contributed by atoms with van der Waals surface area (Å²) in [6, 6.07) is 4.14. The first-order valence-corrected chi connectivity index (χ1v) is 11.0. The number of nitrogens with one attached hydrogen (secondary N) is 1. The van der Waals surface area contributed by atoms with E-state index < -0.39 is 29.7 Å². The van der Waals surface area contributed by atoms with Crippen LogP contribution in [0.3, 0.4) is 0 Å². The van der Waals surface area contributed by atoms with Crippen LogP contribution in [0.15, 0.2) is 59.2 Å². The van der Waals surface area contributed by atoms with Crippen molar-refractivity contribution < 1.29 is 37.3 Å². The zero-order valence-electron chi connectivity index (χ0n) is 18.2. The Hall–Kier alpha value is -2.88. The number of hydrogen-bond acceptors (Lipinski definition) is 5. The summed E-state index contributed by atoms with van der Waals surface area (Å²) in [5.74, 6) is -1.89. The number of rotatable bonds is 7. The van der Waals surface area contributed by atoms with Crippen LogP contribution in [0.4, 0.5) is 13.2 Å². The highest BCUT2D eigenvalue weighted by Gasteiger charge is 2.37. The summed E-state index contributed by atoms with van der Waals surface area (Å²) in [6.07, 6.45) is 0.614. The normalized spacial score (nSPS) is 20.9. The number of carbonyl (C=O) groups is 2. The van der Waals surface area contributed by atoms with Crippen LogP contribution in [0.1, 0.15) is 26.3 Å². The van der Waals surface area contributed by atoms with Crippen LogP contribution in [0.2, 0.25) is 0 Å². The van der Waals surface area contributed by atoms with Crippen LogP contribution in [-0.2, 0) is 20.9 Å². The Morgan fingerprint density at radius 2 is 1.82 bits per heavy atom. The van der Waals surface area contributed by atoms with E-state index in [1.165, 1.54) is 24.3 Å². The number of allylic oxidation sites excluding steroid dienone is 1. The number of carbonyl (C=O) groups excluding carboxylic acids is 1. The predicted octanol–water partition coefficient (Wildman–Crippen LogP) is 4.79. The van der Waals surface area contributed by atoms with E-state index in [1.54, 1.807) is 38.6 Å². The van der Waals surface area contributed by atoms with Crippen molar-refractivity contribution in [3.8, 4) is 5.75 Å². The maximum Gasteiger partial charge on any atom is 0.573 e. The summed E-state index contributed by atoms with van der Waals surface area (Å²) in [7, 11) is 0. The second kappa shape index (κ2) is 9.54. The van der Waals surface area contributed by atoms with E-state index in [4.69, 9.17) is 4.74 Å². The second-order valence-corrected chi connectivity index (χ2v) is 9.77. The van der Waals surface area contributed by atoms with Crippen molar-refractivity contribution in [2.75, 3.05) is 0 Å². The molecule has 3 atom stereocenters. The molecule has 1 aliphatic carbocycles. The van der Waals surface area contributed by atoms with E-state index in [0.29, 0.717) is 11.3 Å². The van der Waals surface area contributed by atoms with Gasteiger partial charge >= 0.3 is 12.3 Å². The van der Waals surface area contributed by atoms with Gasteiger partial charge in [-0.05, 0) is 34.6 Å². The molecule has 0 radical (unpaired) electrons. The third kappa shape index (κ3) is 6.34. The maximum atomic E-state index is 13.0. The van der Waals surface area contributed by atoms with E-state index in [0.717, 1.165) is 0 Å². The largest absolute Gasteiger partial charge is 0.573 e. The van der Waals surface area contributed by atoms with Crippen molar-refractivity contribution in [2.24, 2.45) is 11.3 Å². The van der Waals surface area contributed by atoms with E-state index in [-0.39, 0.29) is 29.1 Å². The second-order valence-electron chi connectivity index (χ2n) is 8.68. The molecule has 0 saturated heterocycles. The van der Waals surface area contributed by atoms with Gasteiger partial charge in [0.25, 0.3) is 5.91 Å². The summed E-state index contributed by atoms with van der Waals surface area (Å²) in [4.78, 5) is 24.7. The van der Waals surface area contributed by atoms with Crippen LogP contribution >= 0.6 is 11.8 Å². The Morgan fingerprint density at radius 1 is 1.15 bits per heavy atom. The van der Waals surface area contributed by atoms with Crippen molar-refractivity contribution in [3.05, 3.63) is 64.8 Å². The van der Waals surface area contributed by atoms with Crippen LogP contribution in [0.25, 0.3) is 0 Å². The van der Waals surface area contributed by atoms with E-state index >= 15 is 0 Å². The molecule has 0 bridgehead atoms. The number of alkyl halides is 3. The Balaban J connectivity index is 1.80. The molecule has 6 nitrogen and oxygen atoms in total. The van der Waals surface area contributed by atoms with Gasteiger partial charge in [-0.2, -0.15) is 0 Å². The molecule has 0 fully saturated rings. The van der Waals surface area contributed by atoms with Gasteiger partial charge in [0.1, 0.15) is 24.2 Å². The van der Waals surface area contributed by atoms with E-state index in [2.05, 4.69) is 10.1 Å². The van der Waals surface area contributed by atoms with Gasteiger partial charge in [0.15, 0.2) is 0 Å². The minimum atomic E-state index is -4.78. The minimum Gasteiger partial charge on any atom is -0.492 e. The highest BCUT2D eigenvalue weighted by Crippen LogP contribution is 2.41. The summed E-state index contributed by atoms with van der Waals surface area (Å²) in [5, 5.41) is 14.1. The molecule has 0 saturated carbocycles. The van der Waals surface area contributed by atoms with Gasteiger partial charge in [-0.3, -0.25) is 4.79 Å². The number of carboxylic acids is 1. The van der Waals surface area contributed by atoms with E-state index in [1.807, 2.05) is 17.6 Å². The van der Waals surface area contributed by atoms with E-state index in [9.17, 15) is 27.9 Å². The lowest BCUT2D eigenvalue weighted by Gasteiger charge is -2.30. The summed E-state index contributed by atoms with van der Waals surface area (Å²) in [6.45, 7) is 5.16. The van der Waals surface area contributed by atoms with Crippen molar-refractivity contribution in [1.29, 1.82) is 0 Å². The first kappa shape index (κ1) is 24.8. The van der Waals surface area contributed by atoms with Crippen LogP contribution in [-0.4, -0.2) is 34.6 Å². The van der Waals surface area contributed by atoms with Gasteiger partial charge in [0.05, 0.1) is 11.5 Å². The number of fused-ring (bicyclic) bond motifs is 1. The van der Waals surface area contributed by atoms with Crippen molar-refractivity contribution in [3.63, 3.8) is 0 Å². The predicted molar refractivity (Wildman–Crippen MR) is 117 cm³/mol. The smallest absolute Gasteiger partial charge is 0.492 e. The number of carboxylic acid groups (broad SMARTS) is 1. The quantitative estimate of drug-likeness (QED) is 0.580. The number of benzene rings is 1. The number of hydrogen-bond donors (Lipinski definition) is 2. The SMILES string of the molecule is CC(C)(C)C(NC(=O)C1=C(OCc2ccc(OC(F)(F)F)cc2)C2C=CSC2C=C1)C(=O)O. The first-order valence-electron chi connectivity index (χ1n) is 10.1. The highest BCUT2D eigenvalue weighted by atomic mass is 32.2. The van der Waals surface area contributed by atoms with Gasteiger partial charge in [0, 0.05) is 5.25 Å². The van der Waals surface area contributed by atoms with Crippen molar-refractivity contribution in [1.82, 2.24) is 5.32 Å². The van der Waals surface area contributed by atoms with Gasteiger partial charge < -0.3 is 19.9 Å². The molecule has 0 spiro atoms. The Kier molecular flexibility index (Phi) is 7.16. The lowest BCUT2D eigenvalue weighted by molar-refractivity contribution is -0.274. The molecule has 2 N–H and O–H groups in total. The third-order valence-corrected chi connectivity index (χ3v) is 6.16. The minimum absolute atomic E-state index is 0.00953. The lowest BCUT2D eigenvalue weighted by atomic mass is 9.86. The number of thioether (sulfide) groups is 1. The highest BCUT2D eigenvalue weighted by molar-refractivity contribution is 8.03. The summed E-state index contributed by atoms with van der Waals surface area (Å²) >= 11 is 1.57. The number of amides is 1. The standard InChI is InChI=1S/C23H24F3NO5S/c1-22(2,3)19(21(29)30)27-20(28)16-8-9-17-15(10-11-33-17)18(16)31-12-13-4-6-14(7-5-13)32-23(24,25)26/h4-11,15,17,19H,12H2,1-3H3,(H,27,28)(H,29,30). The molecule has 1 aromatic carbocycles. The zero-order chi connectivity index (χ0) is 24.4. The Labute approximate surface area is 193 Å². The fourth-order valence-electron chi connectivity index (χ4n) is 3.44. The lowest BCUT2D eigenvalue weighted by Crippen LogP contribution is -2.49. The summed E-state index contributed by atoms with van der Waals surface area (Å²) < 4.78 is 46.9. The molecule has 1 amide bonds. The number of aliphatic carboxylic acids is 1. The number of halogens is 3. The summed E-state index contributed by atoms with van der Waals surface area (Å²) in [5.41, 5.74) is 0.0828. The molecule has 1 aliphatic heterocycles. The molecule has 3 unspecified atom stereocenters. The van der Waals surface area contributed by atoms with Crippen molar-refractivity contribution in [2.45, 2.75) is 45.0 Å². The molecule has 0 aromatic heterocycles. The molecule has 1 aromatic rings. The van der Waals surface area contributed by atoms with Gasteiger partial charge in [-0.25, -0.2) is 4.79 Å². The molecule has 33 heavy (non-hydrogen) atoms. The van der Waals surface area contributed by atoms with Crippen LogP contribution in [0, 0.1) is 11.3 Å². The molecule has 1 heterocycles. The topological polar surface area (TPSA) is 84.9 Å². The molecule has 10 heteroatoms. The Morgan fingerprint density at radius 3 is 2.39 bits per heavy atom. The Bertz CT molecular complexity index is 993. The molecular weight excluding hydrogens is 459 g/mol. The average Bonchev–Trinajstić information content (AvgIpc) is 3.18. The fourth-order valence-corrected chi connectivity index (χ4v) is 4.43. The average molecular weight is 484 g/mol. The molecule has 2 aliphatic rings. The molecule has 178 valence electrons. The first-order chi connectivity index (χ1) is 15.3. The van der Waals surface area contributed by atoms with Gasteiger partial charge in [0.2, 0.25) is 0 Å². The van der Waals surface area contributed by atoms with Crippen LogP contribution in [0.5, 0.6) is 5.75 Å². The van der Waals surface area contributed by atoms with Crippen molar-refractivity contribution >= 4 is 23.6 Å². The number of ether oxygens (including phenoxy) is 2. The maximum absolute atomic E-state index is 13.0. The molecule has 3 rings (SSSR count). The van der Waals surface area contributed by atoms with Gasteiger partial charge in [-0.1, -0.05) is 45.1 Å². The van der Waals surface area contributed by atoms with Crippen LogP contribution < -0.4 is 10.1 Å².